The van der Waals surface area contributed by atoms with Gasteiger partial charge in [0.25, 0.3) is 5.91 Å². The van der Waals surface area contributed by atoms with Crippen molar-refractivity contribution in [2.24, 2.45) is 11.8 Å². The number of nitrogens with one attached hydrogen (secondary N) is 1. The summed E-state index contributed by atoms with van der Waals surface area (Å²) in [4.78, 5) is 14.1. The van der Waals surface area contributed by atoms with Crippen molar-refractivity contribution >= 4 is 32.4 Å². The first-order valence-electron chi connectivity index (χ1n) is 10.4. The zero-order valence-electron chi connectivity index (χ0n) is 16.7. The van der Waals surface area contributed by atoms with Gasteiger partial charge in [0.15, 0.2) is 0 Å². The summed E-state index contributed by atoms with van der Waals surface area (Å²) in [5.41, 5.74) is 1.26. The smallest absolute Gasteiger partial charge is 0.258 e. The van der Waals surface area contributed by atoms with Gasteiger partial charge in [-0.05, 0) is 36.5 Å². The molecular weight excluding hydrogens is 388 g/mol. The third-order valence-corrected chi connectivity index (χ3v) is 7.86. The molecule has 156 valence electrons. The molecule has 2 aromatic carbocycles. The summed E-state index contributed by atoms with van der Waals surface area (Å²) in [6.45, 7) is 0.194. The molecule has 2 aromatic rings. The number of amides is 1. The molecule has 1 heterocycles. The predicted octanol–water partition coefficient (Wildman–Crippen LogP) is 3.29. The molecule has 0 saturated heterocycles. The minimum Gasteiger partial charge on any atom is -0.396 e. The number of sulfonamides is 1. The fraction of sp³-hybridized carbons (Fsp3) is 0.500. The highest BCUT2D eigenvalue weighted by Gasteiger charge is 2.30. The first-order chi connectivity index (χ1) is 13.9. The SMILES string of the molecule is CN1C(=O)c2cccc3c(S(=O)(=O)NCC(CO)CC4CCCCC4)ccc1c23. The minimum atomic E-state index is -3.76. The Morgan fingerprint density at radius 1 is 1.17 bits per heavy atom. The Bertz CT molecular complexity index is 1030. The molecule has 6 nitrogen and oxygen atoms in total. The van der Waals surface area contributed by atoms with Crippen LogP contribution in [-0.4, -0.2) is 39.6 Å². The highest BCUT2D eigenvalue weighted by atomic mass is 32.2. The first kappa shape index (κ1) is 20.3. The van der Waals surface area contributed by atoms with Gasteiger partial charge in [-0.25, -0.2) is 13.1 Å². The van der Waals surface area contributed by atoms with E-state index >= 15 is 0 Å². The molecule has 0 aromatic heterocycles. The molecule has 0 spiro atoms. The van der Waals surface area contributed by atoms with Crippen LogP contribution in [0.25, 0.3) is 10.8 Å². The average Bonchev–Trinajstić information content (AvgIpc) is 2.98. The lowest BCUT2D eigenvalue weighted by molar-refractivity contribution is 0.0999. The molecule has 1 aliphatic heterocycles. The summed E-state index contributed by atoms with van der Waals surface area (Å²) in [6.07, 6.45) is 6.90. The Morgan fingerprint density at radius 3 is 2.66 bits per heavy atom. The zero-order valence-corrected chi connectivity index (χ0v) is 17.5. The van der Waals surface area contributed by atoms with Crippen LogP contribution in [0.1, 0.15) is 48.9 Å². The molecule has 2 aliphatic rings. The standard InChI is InChI=1S/C22H28N2O4S/c1-24-19-10-11-20(17-8-5-9-18(21(17)19)22(24)26)29(27,28)23-13-16(14-25)12-15-6-3-2-4-7-15/h5,8-11,15-16,23,25H,2-4,6-7,12-14H2,1H3. The molecule has 0 radical (unpaired) electrons. The number of aliphatic hydroxyl groups is 1. The van der Waals surface area contributed by atoms with E-state index in [0.29, 0.717) is 22.3 Å². The van der Waals surface area contributed by atoms with Crippen LogP contribution in [0.5, 0.6) is 0 Å². The topological polar surface area (TPSA) is 86.7 Å². The molecular formula is C22H28N2O4S. The van der Waals surface area contributed by atoms with Gasteiger partial charge in [-0.1, -0.05) is 44.2 Å². The summed E-state index contributed by atoms with van der Waals surface area (Å²) in [6, 6.07) is 8.45. The molecule has 1 saturated carbocycles. The number of nitrogens with zero attached hydrogens (tertiary/aromatic N) is 1. The van der Waals surface area contributed by atoms with Gasteiger partial charge in [0.05, 0.1) is 10.6 Å². The Labute approximate surface area is 172 Å². The van der Waals surface area contributed by atoms with Crippen LogP contribution in [0.15, 0.2) is 35.2 Å². The van der Waals surface area contributed by atoms with E-state index in [1.807, 2.05) is 0 Å². The summed E-state index contributed by atoms with van der Waals surface area (Å²) >= 11 is 0. The quantitative estimate of drug-likeness (QED) is 0.725. The van der Waals surface area contributed by atoms with Crippen LogP contribution >= 0.6 is 0 Å². The lowest BCUT2D eigenvalue weighted by Crippen LogP contribution is -2.32. The van der Waals surface area contributed by atoms with Gasteiger partial charge < -0.3 is 10.0 Å². The van der Waals surface area contributed by atoms with Gasteiger partial charge in [0.1, 0.15) is 0 Å². The maximum absolute atomic E-state index is 13.1. The highest BCUT2D eigenvalue weighted by Crippen LogP contribution is 2.39. The first-order valence-corrected chi connectivity index (χ1v) is 11.8. The van der Waals surface area contributed by atoms with Crippen LogP contribution in [0.3, 0.4) is 0 Å². The number of rotatable bonds is 7. The van der Waals surface area contributed by atoms with E-state index in [4.69, 9.17) is 0 Å². The van der Waals surface area contributed by atoms with E-state index in [0.717, 1.165) is 12.1 Å². The van der Waals surface area contributed by atoms with Gasteiger partial charge in [0.2, 0.25) is 10.0 Å². The van der Waals surface area contributed by atoms with Crippen LogP contribution < -0.4 is 9.62 Å². The molecule has 2 N–H and O–H groups in total. The van der Waals surface area contributed by atoms with Crippen molar-refractivity contribution in [3.63, 3.8) is 0 Å². The molecule has 1 aliphatic carbocycles. The zero-order chi connectivity index (χ0) is 20.6. The Hall–Kier alpha value is -1.96. The number of hydrogen-bond acceptors (Lipinski definition) is 4. The van der Waals surface area contributed by atoms with Gasteiger partial charge in [-0.3, -0.25) is 4.79 Å². The summed E-state index contributed by atoms with van der Waals surface area (Å²) in [5, 5.41) is 11.0. The van der Waals surface area contributed by atoms with Crippen molar-refractivity contribution in [3.05, 3.63) is 35.9 Å². The second-order valence-electron chi connectivity index (χ2n) is 8.32. The number of benzene rings is 2. The Balaban J connectivity index is 1.56. The normalized spacial score (nSPS) is 18.6. The lowest BCUT2D eigenvalue weighted by atomic mass is 9.83. The largest absolute Gasteiger partial charge is 0.396 e. The lowest BCUT2D eigenvalue weighted by Gasteiger charge is -2.25. The number of carbonyl (C=O) groups excluding carboxylic acids is 1. The maximum Gasteiger partial charge on any atom is 0.258 e. The molecule has 1 unspecified atom stereocenters. The molecule has 0 bridgehead atoms. The van der Waals surface area contributed by atoms with Crippen molar-refractivity contribution in [1.82, 2.24) is 4.72 Å². The van der Waals surface area contributed by atoms with E-state index in [1.54, 1.807) is 42.3 Å². The summed E-state index contributed by atoms with van der Waals surface area (Å²) < 4.78 is 28.9. The van der Waals surface area contributed by atoms with Crippen LogP contribution in [-0.2, 0) is 10.0 Å². The van der Waals surface area contributed by atoms with Crippen LogP contribution in [0.2, 0.25) is 0 Å². The average molecular weight is 417 g/mol. The van der Waals surface area contributed by atoms with Crippen molar-refractivity contribution in [2.75, 3.05) is 25.1 Å². The fourth-order valence-corrected chi connectivity index (χ4v) is 6.08. The Morgan fingerprint density at radius 2 is 1.93 bits per heavy atom. The predicted molar refractivity (Wildman–Crippen MR) is 114 cm³/mol. The third kappa shape index (κ3) is 3.79. The highest BCUT2D eigenvalue weighted by molar-refractivity contribution is 7.89. The molecule has 7 heteroatoms. The Kier molecular flexibility index (Phi) is 5.64. The number of anilines is 1. The number of carbonyl (C=O) groups is 1. The van der Waals surface area contributed by atoms with E-state index in [1.165, 1.54) is 32.1 Å². The minimum absolute atomic E-state index is 0.0256. The molecule has 29 heavy (non-hydrogen) atoms. The number of aliphatic hydroxyl groups excluding tert-OH is 1. The summed E-state index contributed by atoms with van der Waals surface area (Å²) in [7, 11) is -2.07. The van der Waals surface area contributed by atoms with Crippen LogP contribution in [0.4, 0.5) is 5.69 Å². The van der Waals surface area contributed by atoms with Crippen molar-refractivity contribution in [1.29, 1.82) is 0 Å². The van der Waals surface area contributed by atoms with Crippen LogP contribution in [0, 0.1) is 11.8 Å². The van der Waals surface area contributed by atoms with Crippen molar-refractivity contribution in [2.45, 2.75) is 43.4 Å². The second-order valence-corrected chi connectivity index (χ2v) is 10.1. The van der Waals surface area contributed by atoms with Gasteiger partial charge in [0, 0.05) is 36.5 Å². The van der Waals surface area contributed by atoms with E-state index in [-0.39, 0.29) is 29.9 Å². The van der Waals surface area contributed by atoms with Gasteiger partial charge >= 0.3 is 0 Å². The molecule has 1 fully saturated rings. The monoisotopic (exact) mass is 416 g/mol. The third-order valence-electron chi connectivity index (χ3n) is 6.38. The van der Waals surface area contributed by atoms with Crippen molar-refractivity contribution in [3.8, 4) is 0 Å². The summed E-state index contributed by atoms with van der Waals surface area (Å²) in [5.74, 6) is 0.363. The van der Waals surface area contributed by atoms with Gasteiger partial charge in [-0.2, -0.15) is 0 Å². The molecule has 1 amide bonds. The van der Waals surface area contributed by atoms with E-state index in [2.05, 4.69) is 4.72 Å². The molecule has 1 atom stereocenters. The van der Waals surface area contributed by atoms with E-state index in [9.17, 15) is 18.3 Å². The van der Waals surface area contributed by atoms with Gasteiger partial charge in [-0.15, -0.1) is 0 Å². The maximum atomic E-state index is 13.1. The molecule has 4 rings (SSSR count). The fourth-order valence-electron chi connectivity index (χ4n) is 4.77. The second kappa shape index (κ2) is 8.05. The number of hydrogen-bond donors (Lipinski definition) is 2. The van der Waals surface area contributed by atoms with Crippen molar-refractivity contribution < 1.29 is 18.3 Å². The van der Waals surface area contributed by atoms with E-state index < -0.39 is 10.0 Å².